The fraction of sp³-hybridized carbons (Fsp3) is 0. The zero-order chi connectivity index (χ0) is 7.82. The molecule has 1 aromatic rings. The fourth-order valence-electron chi connectivity index (χ4n) is 0.420. The summed E-state index contributed by atoms with van der Waals surface area (Å²) in [6.45, 7) is 0. The molecule has 0 aliphatic rings. The molecule has 0 N–H and O–H groups in total. The van der Waals surface area contributed by atoms with E-state index in [0.717, 1.165) is 4.90 Å². The number of rotatable bonds is 0. The topological polar surface area (TPSA) is 58.7 Å². The summed E-state index contributed by atoms with van der Waals surface area (Å²) in [5.74, 6) is 0. The van der Waals surface area contributed by atoms with E-state index in [9.17, 15) is 0 Å². The third-order valence-electron chi connectivity index (χ3n) is 0.743. The first-order valence-corrected chi connectivity index (χ1v) is 2.92. The van der Waals surface area contributed by atoms with Gasteiger partial charge in [0.2, 0.25) is 0 Å². The van der Waals surface area contributed by atoms with Crippen molar-refractivity contribution in [1.82, 2.24) is 0 Å². The summed E-state index contributed by atoms with van der Waals surface area (Å²) in [6, 6.07) is 9.62. The molecule has 1 aromatic carbocycles. The van der Waals surface area contributed by atoms with E-state index in [1.165, 1.54) is 4.91 Å². The minimum Gasteiger partial charge on any atom is -0.780 e. The van der Waals surface area contributed by atoms with Crippen LogP contribution < -0.4 is 59.1 Å². The molecular formula is C6H5N3Na2S. The molecule has 0 saturated heterocycles. The molecule has 6 heteroatoms. The van der Waals surface area contributed by atoms with Gasteiger partial charge in [0.05, 0.1) is 0 Å². The second-order valence-corrected chi connectivity index (χ2v) is 1.87. The molecule has 0 atom stereocenters. The Hall–Kier alpha value is 0.750. The van der Waals surface area contributed by atoms with Crippen molar-refractivity contribution in [2.75, 3.05) is 0 Å². The standard InChI is InChI=1S/C6H6S.N3.2Na/c7-6-4-2-1-3-5-6;1-3-2;;/h1-5,7H;;;/q;-1;2*+1/p-1. The third-order valence-corrected chi connectivity index (χ3v) is 1.02. The van der Waals surface area contributed by atoms with Crippen molar-refractivity contribution in [1.29, 1.82) is 0 Å². The van der Waals surface area contributed by atoms with Crippen LogP contribution in [0.4, 0.5) is 0 Å². The SMILES string of the molecule is [N-]=[N+]=[N-].[Na+].[Na+].[S-]c1ccccc1. The van der Waals surface area contributed by atoms with E-state index in [0.29, 0.717) is 0 Å². The molecule has 52 valence electrons. The van der Waals surface area contributed by atoms with Crippen LogP contribution >= 0.6 is 0 Å². The van der Waals surface area contributed by atoms with E-state index in [4.69, 9.17) is 23.7 Å². The van der Waals surface area contributed by atoms with Crippen LogP contribution in [0.25, 0.3) is 16.0 Å². The van der Waals surface area contributed by atoms with Crippen LogP contribution in [0, 0.1) is 0 Å². The zero-order valence-corrected chi connectivity index (χ0v) is 12.0. The summed E-state index contributed by atoms with van der Waals surface area (Å²) in [6.07, 6.45) is 0. The summed E-state index contributed by atoms with van der Waals surface area (Å²) in [5.41, 5.74) is 13.5. The van der Waals surface area contributed by atoms with Crippen molar-refractivity contribution in [2.45, 2.75) is 4.90 Å². The van der Waals surface area contributed by atoms with Gasteiger partial charge in [-0.3, -0.25) is 4.91 Å². The Labute approximate surface area is 121 Å². The van der Waals surface area contributed by atoms with Crippen molar-refractivity contribution in [3.63, 3.8) is 0 Å². The van der Waals surface area contributed by atoms with Crippen LogP contribution in [-0.4, -0.2) is 0 Å². The second-order valence-electron chi connectivity index (χ2n) is 1.40. The van der Waals surface area contributed by atoms with Gasteiger partial charge in [-0.2, -0.15) is 4.90 Å². The Bertz CT molecular complexity index is 211. The van der Waals surface area contributed by atoms with Gasteiger partial charge in [-0.05, 0) is 0 Å². The minimum absolute atomic E-state index is 0. The predicted molar refractivity (Wildman–Crippen MR) is 42.2 cm³/mol. The Morgan fingerprint density at radius 3 is 1.50 bits per heavy atom. The quantitative estimate of drug-likeness (QED) is 0.140. The Morgan fingerprint density at radius 1 is 1.00 bits per heavy atom. The normalized spacial score (nSPS) is 5.67. The van der Waals surface area contributed by atoms with Crippen LogP contribution in [0.1, 0.15) is 0 Å². The second kappa shape index (κ2) is 14.3. The van der Waals surface area contributed by atoms with Crippen molar-refractivity contribution in [3.05, 3.63) is 46.3 Å². The van der Waals surface area contributed by atoms with Crippen molar-refractivity contribution >= 4 is 12.6 Å². The van der Waals surface area contributed by atoms with Crippen molar-refractivity contribution in [3.8, 4) is 0 Å². The van der Waals surface area contributed by atoms with Gasteiger partial charge in [0, 0.05) is 0 Å². The molecule has 0 aliphatic heterocycles. The van der Waals surface area contributed by atoms with Crippen LogP contribution in [0.5, 0.6) is 0 Å². The number of benzene rings is 1. The Kier molecular flexibility index (Phi) is 22.0. The first-order chi connectivity index (χ1) is 4.81. The molecular weight excluding hydrogens is 192 g/mol. The zero-order valence-electron chi connectivity index (χ0n) is 7.14. The van der Waals surface area contributed by atoms with Gasteiger partial charge in [-0.15, -0.1) is 0 Å². The van der Waals surface area contributed by atoms with Gasteiger partial charge < -0.3 is 23.7 Å². The van der Waals surface area contributed by atoms with Crippen molar-refractivity contribution < 1.29 is 59.1 Å². The Morgan fingerprint density at radius 2 is 1.33 bits per heavy atom. The third kappa shape index (κ3) is 13.3. The largest absolute Gasteiger partial charge is 1.00 e. The van der Waals surface area contributed by atoms with Gasteiger partial charge in [0.25, 0.3) is 0 Å². The molecule has 0 bridgehead atoms. The van der Waals surface area contributed by atoms with E-state index in [1.54, 1.807) is 0 Å². The first-order valence-electron chi connectivity index (χ1n) is 2.51. The monoisotopic (exact) mass is 197 g/mol. The maximum absolute atomic E-state index is 6.75. The molecule has 0 spiro atoms. The minimum atomic E-state index is 0. The van der Waals surface area contributed by atoms with Gasteiger partial charge in [0.15, 0.2) is 0 Å². The molecule has 0 fully saturated rings. The summed E-state index contributed by atoms with van der Waals surface area (Å²) >= 11 is 4.81. The molecule has 12 heavy (non-hydrogen) atoms. The Balaban J connectivity index is -0.000000146. The maximum atomic E-state index is 6.75. The molecule has 0 amide bonds. The number of hydrogen-bond acceptors (Lipinski definition) is 1. The van der Waals surface area contributed by atoms with E-state index in [1.807, 2.05) is 30.3 Å². The molecule has 0 unspecified atom stereocenters. The molecule has 0 heterocycles. The van der Waals surface area contributed by atoms with E-state index >= 15 is 0 Å². The van der Waals surface area contributed by atoms with Crippen LogP contribution in [-0.2, 0) is 12.6 Å². The molecule has 3 nitrogen and oxygen atoms in total. The molecule has 0 aromatic heterocycles. The predicted octanol–water partition coefficient (Wildman–Crippen LogP) is -3.53. The van der Waals surface area contributed by atoms with Gasteiger partial charge >= 0.3 is 59.1 Å². The van der Waals surface area contributed by atoms with Crippen LogP contribution in [0.2, 0.25) is 0 Å². The average Bonchev–Trinajstić information content (AvgIpc) is 1.91. The van der Waals surface area contributed by atoms with E-state index in [-0.39, 0.29) is 59.1 Å². The van der Waals surface area contributed by atoms with Gasteiger partial charge in [0.1, 0.15) is 0 Å². The average molecular weight is 197 g/mol. The maximum Gasteiger partial charge on any atom is 1.00 e. The van der Waals surface area contributed by atoms with E-state index < -0.39 is 0 Å². The van der Waals surface area contributed by atoms with Crippen LogP contribution in [0.3, 0.4) is 0 Å². The summed E-state index contributed by atoms with van der Waals surface area (Å²) < 4.78 is 0. The molecule has 0 radical (unpaired) electrons. The summed E-state index contributed by atoms with van der Waals surface area (Å²) in [5, 5.41) is 0. The van der Waals surface area contributed by atoms with Gasteiger partial charge in [-0.25, -0.2) is 0 Å². The number of hydrogen-bond donors (Lipinski definition) is 0. The summed E-state index contributed by atoms with van der Waals surface area (Å²) in [7, 11) is 0. The summed E-state index contributed by atoms with van der Waals surface area (Å²) in [4.78, 5) is 2.41. The van der Waals surface area contributed by atoms with E-state index in [2.05, 4.69) is 0 Å². The first kappa shape index (κ1) is 18.5. The smallest absolute Gasteiger partial charge is 0.780 e. The molecule has 0 saturated carbocycles. The molecule has 1 rings (SSSR count). The number of nitrogens with zero attached hydrogens (tertiary/aromatic N) is 3. The van der Waals surface area contributed by atoms with Crippen LogP contribution in [0.15, 0.2) is 35.2 Å². The van der Waals surface area contributed by atoms with Gasteiger partial charge in [-0.1, -0.05) is 30.3 Å². The van der Waals surface area contributed by atoms with Crippen molar-refractivity contribution in [2.24, 2.45) is 0 Å². The molecule has 0 aliphatic carbocycles. The fourth-order valence-corrected chi connectivity index (χ4v) is 0.578.